The molecule has 1 fully saturated rings. The van der Waals surface area contributed by atoms with E-state index in [1.165, 1.54) is 5.56 Å². The predicted molar refractivity (Wildman–Crippen MR) is 111 cm³/mol. The third kappa shape index (κ3) is 9.01. The predicted octanol–water partition coefficient (Wildman–Crippen LogP) is 2.45. The van der Waals surface area contributed by atoms with E-state index in [2.05, 4.69) is 41.4 Å². The summed E-state index contributed by atoms with van der Waals surface area (Å²) in [4.78, 5) is 14.1. The van der Waals surface area contributed by atoms with Crippen LogP contribution in [0.1, 0.15) is 18.4 Å². The highest BCUT2D eigenvalue weighted by atomic mass is 32.2. The van der Waals surface area contributed by atoms with Crippen LogP contribution in [0.3, 0.4) is 0 Å². The molecule has 1 aliphatic heterocycles. The average molecular weight is 413 g/mol. The Kier molecular flexibility index (Phi) is 8.02. The largest absolute Gasteiger partial charge is 0.465 e. The minimum atomic E-state index is -3.65. The summed E-state index contributed by atoms with van der Waals surface area (Å²) in [5, 5.41) is 0. The molecule has 6 nitrogen and oxygen atoms in total. The molecular formula is C19H32N2O4SSi. The quantitative estimate of drug-likeness (QED) is 0.498. The Bertz CT molecular complexity index is 696. The lowest BCUT2D eigenvalue weighted by Gasteiger charge is -2.32. The highest BCUT2D eigenvalue weighted by Gasteiger charge is 2.26. The summed E-state index contributed by atoms with van der Waals surface area (Å²) in [6.07, 6.45) is 1.49. The van der Waals surface area contributed by atoms with Gasteiger partial charge in [-0.25, -0.2) is 13.1 Å². The lowest BCUT2D eigenvalue weighted by Crippen LogP contribution is -2.45. The van der Waals surface area contributed by atoms with E-state index >= 15 is 0 Å². The number of piperidine rings is 1. The van der Waals surface area contributed by atoms with Crippen molar-refractivity contribution < 1.29 is 17.9 Å². The molecule has 0 saturated carbocycles. The topological polar surface area (TPSA) is 75.7 Å². The van der Waals surface area contributed by atoms with Crippen molar-refractivity contribution in [1.82, 2.24) is 9.62 Å². The molecule has 1 saturated heterocycles. The minimum absolute atomic E-state index is 0.114. The fourth-order valence-corrected chi connectivity index (χ4v) is 4.95. The molecule has 1 heterocycles. The average Bonchev–Trinajstić information content (AvgIpc) is 2.55. The fourth-order valence-electron chi connectivity index (χ4n) is 3.01. The molecule has 0 aliphatic carbocycles. The van der Waals surface area contributed by atoms with Gasteiger partial charge >= 0.3 is 5.97 Å². The zero-order valence-electron chi connectivity index (χ0n) is 16.6. The maximum absolute atomic E-state index is 12.2. The zero-order chi connectivity index (χ0) is 19.9. The summed E-state index contributed by atoms with van der Waals surface area (Å²) in [7, 11) is -4.95. The number of hydrogen-bond acceptors (Lipinski definition) is 5. The molecule has 0 radical (unpaired) electrons. The standard InChI is InChI=1S/C19H32N2O4SSi/c1-27(2,3)14-13-25-19(22)16-26(23,24)20-18-9-11-21(12-10-18)15-17-7-5-4-6-8-17/h4-8,18,20H,9-16H2,1-3H3. The van der Waals surface area contributed by atoms with Crippen molar-refractivity contribution in [1.29, 1.82) is 0 Å². The van der Waals surface area contributed by atoms with E-state index in [1.807, 2.05) is 18.2 Å². The molecule has 8 heteroatoms. The highest BCUT2D eigenvalue weighted by Crippen LogP contribution is 2.15. The van der Waals surface area contributed by atoms with Crippen LogP contribution in [0.5, 0.6) is 0 Å². The molecular weight excluding hydrogens is 380 g/mol. The van der Waals surface area contributed by atoms with E-state index in [1.54, 1.807) is 0 Å². The van der Waals surface area contributed by atoms with Gasteiger partial charge in [-0.2, -0.15) is 0 Å². The Labute approximate surface area is 164 Å². The number of carbonyl (C=O) groups is 1. The molecule has 0 atom stereocenters. The van der Waals surface area contributed by atoms with Gasteiger partial charge in [0.15, 0.2) is 5.75 Å². The first kappa shape index (κ1) is 22.1. The lowest BCUT2D eigenvalue weighted by atomic mass is 10.1. The van der Waals surface area contributed by atoms with E-state index in [0.717, 1.165) is 38.5 Å². The molecule has 1 N–H and O–H groups in total. The molecule has 0 amide bonds. The highest BCUT2D eigenvalue weighted by molar-refractivity contribution is 7.90. The van der Waals surface area contributed by atoms with Crippen LogP contribution in [0.4, 0.5) is 0 Å². The second-order valence-corrected chi connectivity index (χ2v) is 15.8. The summed E-state index contributed by atoms with van der Waals surface area (Å²) < 4.78 is 32.2. The Morgan fingerprint density at radius 3 is 2.41 bits per heavy atom. The molecule has 0 spiro atoms. The van der Waals surface area contributed by atoms with Gasteiger partial charge in [0.2, 0.25) is 10.0 Å². The summed E-state index contributed by atoms with van der Waals surface area (Å²) in [6.45, 7) is 9.41. The van der Waals surface area contributed by atoms with Crippen LogP contribution in [-0.4, -0.2) is 58.9 Å². The number of ether oxygens (including phenoxy) is 1. The second kappa shape index (κ2) is 9.82. The number of nitrogens with zero attached hydrogens (tertiary/aromatic N) is 1. The van der Waals surface area contributed by atoms with Crippen LogP contribution in [0.15, 0.2) is 30.3 Å². The van der Waals surface area contributed by atoms with Crippen molar-refractivity contribution in [3.8, 4) is 0 Å². The summed E-state index contributed by atoms with van der Waals surface area (Å²) in [6, 6.07) is 11.0. The Hall–Kier alpha value is -1.22. The van der Waals surface area contributed by atoms with Gasteiger partial charge in [0.25, 0.3) is 0 Å². The lowest BCUT2D eigenvalue weighted by molar-refractivity contribution is -0.140. The van der Waals surface area contributed by atoms with Crippen molar-refractivity contribution in [2.24, 2.45) is 0 Å². The number of carbonyl (C=O) groups excluding carboxylic acids is 1. The van der Waals surface area contributed by atoms with E-state index in [-0.39, 0.29) is 6.04 Å². The summed E-state index contributed by atoms with van der Waals surface area (Å²) >= 11 is 0. The van der Waals surface area contributed by atoms with Crippen molar-refractivity contribution in [3.05, 3.63) is 35.9 Å². The van der Waals surface area contributed by atoms with Crippen LogP contribution >= 0.6 is 0 Å². The molecule has 0 aromatic heterocycles. The number of likely N-dealkylation sites (tertiary alicyclic amines) is 1. The maximum atomic E-state index is 12.2. The summed E-state index contributed by atoms with van der Waals surface area (Å²) in [5.74, 6) is -1.26. The van der Waals surface area contributed by atoms with E-state index in [4.69, 9.17) is 4.74 Å². The minimum Gasteiger partial charge on any atom is -0.465 e. The number of nitrogens with one attached hydrogen (secondary N) is 1. The van der Waals surface area contributed by atoms with Gasteiger partial charge in [0, 0.05) is 33.7 Å². The van der Waals surface area contributed by atoms with Crippen molar-refractivity contribution in [3.63, 3.8) is 0 Å². The molecule has 1 aromatic rings. The smallest absolute Gasteiger partial charge is 0.322 e. The second-order valence-electron chi connectivity index (χ2n) is 8.44. The van der Waals surface area contributed by atoms with Gasteiger partial charge in [-0.05, 0) is 24.4 Å². The van der Waals surface area contributed by atoms with Gasteiger partial charge in [-0.1, -0.05) is 50.0 Å². The van der Waals surface area contributed by atoms with Crippen LogP contribution in [0.25, 0.3) is 0 Å². The van der Waals surface area contributed by atoms with E-state index in [9.17, 15) is 13.2 Å². The third-order valence-corrected chi connectivity index (χ3v) is 7.62. The van der Waals surface area contributed by atoms with Gasteiger partial charge in [0.1, 0.15) is 0 Å². The van der Waals surface area contributed by atoms with E-state index in [0.29, 0.717) is 6.61 Å². The molecule has 1 aromatic carbocycles. The van der Waals surface area contributed by atoms with Crippen LogP contribution in [0.2, 0.25) is 25.7 Å². The van der Waals surface area contributed by atoms with Crippen molar-refractivity contribution in [2.75, 3.05) is 25.4 Å². The fraction of sp³-hybridized carbons (Fsp3) is 0.632. The maximum Gasteiger partial charge on any atom is 0.322 e. The molecule has 27 heavy (non-hydrogen) atoms. The van der Waals surface area contributed by atoms with Gasteiger partial charge in [-0.15, -0.1) is 0 Å². The first-order valence-electron chi connectivity index (χ1n) is 9.55. The van der Waals surface area contributed by atoms with Gasteiger partial charge in [-0.3, -0.25) is 9.69 Å². The third-order valence-electron chi connectivity index (χ3n) is 4.61. The number of rotatable bonds is 9. The van der Waals surface area contributed by atoms with Crippen molar-refractivity contribution >= 4 is 24.1 Å². The van der Waals surface area contributed by atoms with Crippen LogP contribution in [0, 0.1) is 0 Å². The molecule has 2 rings (SSSR count). The first-order chi connectivity index (χ1) is 12.6. The van der Waals surface area contributed by atoms with Crippen LogP contribution < -0.4 is 4.72 Å². The van der Waals surface area contributed by atoms with Gasteiger partial charge in [0.05, 0.1) is 6.61 Å². The first-order valence-corrected chi connectivity index (χ1v) is 14.9. The van der Waals surface area contributed by atoms with Crippen molar-refractivity contribution in [2.45, 2.75) is 51.1 Å². The Balaban J connectivity index is 1.71. The Morgan fingerprint density at radius 1 is 1.19 bits per heavy atom. The number of esters is 1. The van der Waals surface area contributed by atoms with E-state index < -0.39 is 29.8 Å². The normalized spacial score (nSPS) is 17.0. The Morgan fingerprint density at radius 2 is 1.81 bits per heavy atom. The molecule has 152 valence electrons. The van der Waals surface area contributed by atoms with Gasteiger partial charge < -0.3 is 4.74 Å². The number of benzene rings is 1. The number of sulfonamides is 1. The SMILES string of the molecule is C[Si](C)(C)CCOC(=O)CS(=O)(=O)NC1CCN(Cc2ccccc2)CC1. The monoisotopic (exact) mass is 412 g/mol. The zero-order valence-corrected chi connectivity index (χ0v) is 18.4. The summed E-state index contributed by atoms with van der Waals surface area (Å²) in [5.41, 5.74) is 1.26. The van der Waals surface area contributed by atoms with Crippen LogP contribution in [-0.2, 0) is 26.1 Å². The number of hydrogen-bond donors (Lipinski definition) is 1. The molecule has 0 unspecified atom stereocenters. The molecule has 1 aliphatic rings. The molecule has 0 bridgehead atoms.